The molecule has 1 N–H and O–H groups in total. The van der Waals surface area contributed by atoms with E-state index in [-0.39, 0.29) is 11.5 Å². The van der Waals surface area contributed by atoms with Crippen molar-refractivity contribution < 1.29 is 9.53 Å². The molecular formula is C23H23N5O3S. The van der Waals surface area contributed by atoms with Crippen molar-refractivity contribution in [1.82, 2.24) is 24.4 Å². The van der Waals surface area contributed by atoms with Crippen molar-refractivity contribution >= 4 is 17.2 Å². The van der Waals surface area contributed by atoms with Gasteiger partial charge in [0, 0.05) is 37.1 Å². The van der Waals surface area contributed by atoms with Gasteiger partial charge in [-0.05, 0) is 50.2 Å². The first-order valence-corrected chi connectivity index (χ1v) is 11.1. The lowest BCUT2D eigenvalue weighted by molar-refractivity contribution is 0.0955. The molecule has 0 spiro atoms. The summed E-state index contributed by atoms with van der Waals surface area (Å²) in [7, 11) is 0. The first kappa shape index (κ1) is 21.5. The molecule has 32 heavy (non-hydrogen) atoms. The highest BCUT2D eigenvalue weighted by Gasteiger charge is 2.15. The average Bonchev–Trinajstić information content (AvgIpc) is 3.45. The number of hydrogen-bond donors (Lipinski definition) is 1. The molecule has 0 atom stereocenters. The van der Waals surface area contributed by atoms with Crippen molar-refractivity contribution in [3.05, 3.63) is 82.1 Å². The first-order valence-electron chi connectivity index (χ1n) is 10.2. The fourth-order valence-electron chi connectivity index (χ4n) is 3.18. The molecule has 9 heteroatoms. The van der Waals surface area contributed by atoms with E-state index in [1.807, 2.05) is 67.2 Å². The van der Waals surface area contributed by atoms with Crippen molar-refractivity contribution in [2.75, 3.05) is 13.2 Å². The number of carbonyl (C=O) groups excluding carboxylic acids is 1. The molecule has 0 bridgehead atoms. The lowest BCUT2D eigenvalue weighted by Gasteiger charge is -2.08. The van der Waals surface area contributed by atoms with Crippen molar-refractivity contribution in [3.8, 4) is 22.1 Å². The predicted molar refractivity (Wildman–Crippen MR) is 124 cm³/mol. The number of thiazole rings is 1. The zero-order valence-corrected chi connectivity index (χ0v) is 18.6. The summed E-state index contributed by atoms with van der Waals surface area (Å²) >= 11 is 1.33. The number of carbonyl (C=O) groups is 1. The van der Waals surface area contributed by atoms with Crippen LogP contribution in [0.15, 0.2) is 66.0 Å². The van der Waals surface area contributed by atoms with Crippen LogP contribution in [0.1, 0.15) is 22.3 Å². The van der Waals surface area contributed by atoms with Gasteiger partial charge in [0.05, 0.1) is 24.3 Å². The second-order valence-electron chi connectivity index (χ2n) is 7.02. The number of aromatic nitrogens is 4. The molecule has 0 unspecified atom stereocenters. The highest BCUT2D eigenvalue weighted by Crippen LogP contribution is 2.22. The average molecular weight is 450 g/mol. The summed E-state index contributed by atoms with van der Waals surface area (Å²) in [6.45, 7) is 4.97. The van der Waals surface area contributed by atoms with Crippen LogP contribution in [0.3, 0.4) is 0 Å². The minimum atomic E-state index is -0.203. The second kappa shape index (κ2) is 9.61. The maximum Gasteiger partial charge on any atom is 0.263 e. The molecule has 0 saturated carbocycles. The van der Waals surface area contributed by atoms with Crippen LogP contribution in [0.4, 0.5) is 0 Å². The van der Waals surface area contributed by atoms with Crippen LogP contribution >= 0.6 is 11.3 Å². The van der Waals surface area contributed by atoms with Crippen LogP contribution in [0, 0.1) is 6.92 Å². The Labute approximate surface area is 189 Å². The predicted octanol–water partition coefficient (Wildman–Crippen LogP) is 3.29. The van der Waals surface area contributed by atoms with Gasteiger partial charge in [0.2, 0.25) is 0 Å². The molecular weight excluding hydrogens is 426 g/mol. The van der Waals surface area contributed by atoms with Gasteiger partial charge in [0.25, 0.3) is 11.5 Å². The highest BCUT2D eigenvalue weighted by molar-refractivity contribution is 7.16. The van der Waals surface area contributed by atoms with Gasteiger partial charge in [-0.1, -0.05) is 11.3 Å². The Morgan fingerprint density at radius 2 is 1.94 bits per heavy atom. The van der Waals surface area contributed by atoms with Gasteiger partial charge in [-0.25, -0.2) is 9.97 Å². The summed E-state index contributed by atoms with van der Waals surface area (Å²) in [4.78, 5) is 34.5. The van der Waals surface area contributed by atoms with Crippen LogP contribution in [0.5, 0.6) is 5.75 Å². The van der Waals surface area contributed by atoms with E-state index in [0.717, 1.165) is 16.4 Å². The summed E-state index contributed by atoms with van der Waals surface area (Å²) in [6, 6.07) is 12.8. The first-order chi connectivity index (χ1) is 15.5. The molecule has 8 nitrogen and oxygen atoms in total. The quantitative estimate of drug-likeness (QED) is 0.446. The number of benzene rings is 1. The SMILES string of the molecule is CCOc1ccc(-c2cc(=O)n(CCNC(=O)c3sc(-n4cccc4)nc3C)cn2)cc1. The Balaban J connectivity index is 1.37. The summed E-state index contributed by atoms with van der Waals surface area (Å²) < 4.78 is 8.78. The topological polar surface area (TPSA) is 91.0 Å². The standard InChI is InChI=1S/C23H23N5O3S/c1-3-31-18-8-6-17(7-9-18)19-14-20(29)28(15-25-19)13-10-24-22(30)21-16(2)26-23(32-21)27-11-4-5-12-27/h4-9,11-12,14-15H,3,10,13H2,1-2H3,(H,24,30). The normalized spacial score (nSPS) is 10.8. The Hall–Kier alpha value is -3.72. The summed E-state index contributed by atoms with van der Waals surface area (Å²) in [5.74, 6) is 0.572. The van der Waals surface area contributed by atoms with E-state index in [2.05, 4.69) is 15.3 Å². The zero-order chi connectivity index (χ0) is 22.5. The minimum Gasteiger partial charge on any atom is -0.494 e. The zero-order valence-electron chi connectivity index (χ0n) is 17.8. The van der Waals surface area contributed by atoms with Crippen molar-refractivity contribution in [1.29, 1.82) is 0 Å². The van der Waals surface area contributed by atoms with Crippen molar-refractivity contribution in [2.24, 2.45) is 0 Å². The highest BCUT2D eigenvalue weighted by atomic mass is 32.1. The minimum absolute atomic E-state index is 0.179. The monoisotopic (exact) mass is 449 g/mol. The van der Waals surface area contributed by atoms with Gasteiger partial charge >= 0.3 is 0 Å². The number of rotatable bonds is 8. The number of ether oxygens (including phenoxy) is 1. The van der Waals surface area contributed by atoms with Crippen molar-refractivity contribution in [3.63, 3.8) is 0 Å². The van der Waals surface area contributed by atoms with Crippen LogP contribution in [-0.4, -0.2) is 38.2 Å². The molecule has 0 aliphatic heterocycles. The fourth-order valence-corrected chi connectivity index (χ4v) is 4.13. The van der Waals surface area contributed by atoms with E-state index in [1.54, 1.807) is 0 Å². The van der Waals surface area contributed by atoms with E-state index in [9.17, 15) is 9.59 Å². The number of aryl methyl sites for hydroxylation is 1. The van der Waals surface area contributed by atoms with Gasteiger partial charge in [0.1, 0.15) is 10.6 Å². The lowest BCUT2D eigenvalue weighted by Crippen LogP contribution is -2.30. The van der Waals surface area contributed by atoms with Gasteiger partial charge in [0.15, 0.2) is 5.13 Å². The Morgan fingerprint density at radius 3 is 2.62 bits per heavy atom. The van der Waals surface area contributed by atoms with E-state index in [1.165, 1.54) is 28.3 Å². The third-order valence-electron chi connectivity index (χ3n) is 4.80. The summed E-state index contributed by atoms with van der Waals surface area (Å²) in [5.41, 5.74) is 1.93. The van der Waals surface area contributed by atoms with Gasteiger partial charge in [-0.2, -0.15) is 0 Å². The number of nitrogens with one attached hydrogen (secondary N) is 1. The molecule has 3 heterocycles. The van der Waals surface area contributed by atoms with Crippen LogP contribution in [0.2, 0.25) is 0 Å². The summed E-state index contributed by atoms with van der Waals surface area (Å²) in [5, 5.41) is 3.60. The van der Waals surface area contributed by atoms with E-state index in [4.69, 9.17) is 4.74 Å². The third-order valence-corrected chi connectivity index (χ3v) is 5.97. The third kappa shape index (κ3) is 4.78. The maximum absolute atomic E-state index is 12.6. The Morgan fingerprint density at radius 1 is 1.19 bits per heavy atom. The molecule has 0 aliphatic rings. The van der Waals surface area contributed by atoms with E-state index < -0.39 is 0 Å². The van der Waals surface area contributed by atoms with E-state index in [0.29, 0.717) is 36.0 Å². The Kier molecular flexibility index (Phi) is 6.46. The van der Waals surface area contributed by atoms with Gasteiger partial charge in [-0.3, -0.25) is 14.2 Å². The van der Waals surface area contributed by atoms with Gasteiger partial charge < -0.3 is 14.6 Å². The van der Waals surface area contributed by atoms with E-state index >= 15 is 0 Å². The molecule has 0 radical (unpaired) electrons. The molecule has 164 valence electrons. The molecule has 4 aromatic rings. The van der Waals surface area contributed by atoms with Crippen LogP contribution < -0.4 is 15.6 Å². The summed E-state index contributed by atoms with van der Waals surface area (Å²) in [6.07, 6.45) is 5.27. The Bertz CT molecular complexity index is 1260. The molecule has 0 saturated heterocycles. The lowest BCUT2D eigenvalue weighted by atomic mass is 10.1. The smallest absolute Gasteiger partial charge is 0.263 e. The number of amides is 1. The largest absolute Gasteiger partial charge is 0.494 e. The molecule has 3 aromatic heterocycles. The molecule has 0 aliphatic carbocycles. The molecule has 4 rings (SSSR count). The fraction of sp³-hybridized carbons (Fsp3) is 0.217. The molecule has 1 aromatic carbocycles. The maximum atomic E-state index is 12.6. The van der Waals surface area contributed by atoms with Gasteiger partial charge in [-0.15, -0.1) is 0 Å². The van der Waals surface area contributed by atoms with Crippen LogP contribution in [0.25, 0.3) is 16.4 Å². The van der Waals surface area contributed by atoms with Crippen LogP contribution in [-0.2, 0) is 6.54 Å². The second-order valence-corrected chi connectivity index (χ2v) is 8.00. The molecule has 1 amide bonds. The van der Waals surface area contributed by atoms with Crippen molar-refractivity contribution in [2.45, 2.75) is 20.4 Å². The molecule has 0 fully saturated rings. The number of nitrogens with zero attached hydrogens (tertiary/aromatic N) is 4. The number of hydrogen-bond acceptors (Lipinski definition) is 6.